The molecule has 1 amide bonds. The molecule has 0 aliphatic carbocycles. The zero-order valence-electron chi connectivity index (χ0n) is 14.9. The number of hydrogen-bond acceptors (Lipinski definition) is 4. The maximum Gasteiger partial charge on any atom is 0.251 e. The number of sulfonamides is 1. The Hall–Kier alpha value is -2.19. The van der Waals surface area contributed by atoms with Gasteiger partial charge in [0.15, 0.2) is 0 Å². The molecule has 1 aromatic heterocycles. The monoisotopic (exact) mass is 364 g/mol. The zero-order chi connectivity index (χ0) is 18.6. The van der Waals surface area contributed by atoms with Crippen LogP contribution in [0.3, 0.4) is 0 Å². The zero-order valence-corrected chi connectivity index (χ0v) is 15.7. The molecule has 0 bridgehead atoms. The minimum absolute atomic E-state index is 0.0814. The van der Waals surface area contributed by atoms with Crippen LogP contribution in [0.5, 0.6) is 0 Å². The van der Waals surface area contributed by atoms with E-state index in [1.807, 2.05) is 31.5 Å². The summed E-state index contributed by atoms with van der Waals surface area (Å²) in [6, 6.07) is 7.83. The van der Waals surface area contributed by atoms with Crippen LogP contribution >= 0.6 is 0 Å². The molecule has 2 rings (SSSR count). The summed E-state index contributed by atoms with van der Waals surface area (Å²) in [6.07, 6.45) is 0. The van der Waals surface area contributed by atoms with Crippen LogP contribution in [0.1, 0.15) is 28.7 Å². The van der Waals surface area contributed by atoms with E-state index in [9.17, 15) is 13.2 Å². The molecule has 1 atom stereocenters. The van der Waals surface area contributed by atoms with E-state index in [1.165, 1.54) is 31.3 Å². The van der Waals surface area contributed by atoms with Crippen molar-refractivity contribution in [3.63, 3.8) is 0 Å². The maximum atomic E-state index is 12.4. The normalized spacial score (nSPS) is 12.8. The lowest BCUT2D eigenvalue weighted by molar-refractivity contribution is 0.0963. The van der Waals surface area contributed by atoms with Crippen molar-refractivity contribution in [2.75, 3.05) is 13.6 Å². The van der Waals surface area contributed by atoms with Gasteiger partial charge in [-0.2, -0.15) is 5.10 Å². The van der Waals surface area contributed by atoms with Crippen molar-refractivity contribution in [2.45, 2.75) is 32.2 Å². The fraction of sp³-hybridized carbons (Fsp3) is 0.412. The number of benzene rings is 1. The van der Waals surface area contributed by atoms with Crippen LogP contribution in [0.2, 0.25) is 0 Å². The van der Waals surface area contributed by atoms with E-state index >= 15 is 0 Å². The Labute approximate surface area is 148 Å². The predicted octanol–water partition coefficient (Wildman–Crippen LogP) is 1.47. The van der Waals surface area contributed by atoms with E-state index in [0.29, 0.717) is 18.7 Å². The summed E-state index contributed by atoms with van der Waals surface area (Å²) < 4.78 is 29.2. The lowest BCUT2D eigenvalue weighted by atomic mass is 10.2. The molecule has 2 N–H and O–H groups in total. The SMILES string of the molecule is CNC(=O)c1ccc(S(=O)(=O)NCC(C)Cn2nc(C)cc2C)cc1. The first-order chi connectivity index (χ1) is 11.7. The van der Waals surface area contributed by atoms with Gasteiger partial charge in [-0.25, -0.2) is 13.1 Å². The Balaban J connectivity index is 1.98. The smallest absolute Gasteiger partial charge is 0.251 e. The largest absolute Gasteiger partial charge is 0.355 e. The quantitative estimate of drug-likeness (QED) is 0.778. The van der Waals surface area contributed by atoms with E-state index < -0.39 is 10.0 Å². The van der Waals surface area contributed by atoms with Gasteiger partial charge in [0.25, 0.3) is 5.91 Å². The molecule has 1 heterocycles. The van der Waals surface area contributed by atoms with Gasteiger partial charge in [0, 0.05) is 31.4 Å². The summed E-state index contributed by atoms with van der Waals surface area (Å²) in [5.74, 6) is -0.173. The Morgan fingerprint density at radius 3 is 2.40 bits per heavy atom. The molecule has 136 valence electrons. The van der Waals surface area contributed by atoms with Gasteiger partial charge in [-0.05, 0) is 50.1 Å². The first-order valence-corrected chi connectivity index (χ1v) is 9.54. The second kappa shape index (κ2) is 7.79. The van der Waals surface area contributed by atoms with E-state index in [-0.39, 0.29) is 16.7 Å². The average Bonchev–Trinajstić information content (AvgIpc) is 2.89. The molecular weight excluding hydrogens is 340 g/mol. The highest BCUT2D eigenvalue weighted by Crippen LogP contribution is 2.12. The molecule has 1 unspecified atom stereocenters. The fourth-order valence-corrected chi connectivity index (χ4v) is 3.65. The summed E-state index contributed by atoms with van der Waals surface area (Å²) in [7, 11) is -2.09. The number of aryl methyl sites for hydroxylation is 2. The molecule has 25 heavy (non-hydrogen) atoms. The first-order valence-electron chi connectivity index (χ1n) is 8.06. The number of nitrogens with one attached hydrogen (secondary N) is 2. The molecule has 8 heteroatoms. The molecule has 0 radical (unpaired) electrons. The first kappa shape index (κ1) is 19.1. The van der Waals surface area contributed by atoms with Crippen LogP contribution < -0.4 is 10.0 Å². The molecule has 0 aliphatic rings. The number of hydrogen-bond donors (Lipinski definition) is 2. The molecular formula is C17H24N4O3S. The highest BCUT2D eigenvalue weighted by Gasteiger charge is 2.16. The van der Waals surface area contributed by atoms with Gasteiger partial charge < -0.3 is 5.32 Å². The van der Waals surface area contributed by atoms with E-state index in [2.05, 4.69) is 15.1 Å². The van der Waals surface area contributed by atoms with E-state index in [0.717, 1.165) is 11.4 Å². The average molecular weight is 364 g/mol. The van der Waals surface area contributed by atoms with Crippen molar-refractivity contribution >= 4 is 15.9 Å². The van der Waals surface area contributed by atoms with Crippen LogP contribution in [0, 0.1) is 19.8 Å². The van der Waals surface area contributed by atoms with Crippen LogP contribution in [0.4, 0.5) is 0 Å². The van der Waals surface area contributed by atoms with Crippen molar-refractivity contribution in [2.24, 2.45) is 5.92 Å². The van der Waals surface area contributed by atoms with Gasteiger partial charge in [-0.1, -0.05) is 6.92 Å². The molecule has 7 nitrogen and oxygen atoms in total. The van der Waals surface area contributed by atoms with Gasteiger partial charge in [0.05, 0.1) is 10.6 Å². The van der Waals surface area contributed by atoms with Crippen molar-refractivity contribution in [3.8, 4) is 0 Å². The van der Waals surface area contributed by atoms with Gasteiger partial charge in [0.1, 0.15) is 0 Å². The Morgan fingerprint density at radius 1 is 1.24 bits per heavy atom. The molecule has 0 aliphatic heterocycles. The Bertz CT molecular complexity index is 841. The second-order valence-electron chi connectivity index (χ2n) is 6.17. The highest BCUT2D eigenvalue weighted by molar-refractivity contribution is 7.89. The standard InChI is InChI=1S/C17H24N4O3S/c1-12(11-21-14(3)9-13(2)20-21)10-19-25(23,24)16-7-5-15(6-8-16)17(22)18-4/h5-9,12,19H,10-11H2,1-4H3,(H,18,22). The summed E-state index contributed by atoms with van der Waals surface area (Å²) in [5.41, 5.74) is 2.41. The third-order valence-corrected chi connectivity index (χ3v) is 5.30. The minimum Gasteiger partial charge on any atom is -0.355 e. The molecule has 2 aromatic rings. The number of amides is 1. The molecule has 0 fully saturated rings. The predicted molar refractivity (Wildman–Crippen MR) is 95.9 cm³/mol. The summed E-state index contributed by atoms with van der Waals surface area (Å²) >= 11 is 0. The topological polar surface area (TPSA) is 93.1 Å². The lowest BCUT2D eigenvalue weighted by Crippen LogP contribution is -2.30. The van der Waals surface area contributed by atoms with Crippen molar-refractivity contribution in [3.05, 3.63) is 47.3 Å². The molecule has 0 spiro atoms. The Morgan fingerprint density at radius 2 is 1.88 bits per heavy atom. The number of carbonyl (C=O) groups excluding carboxylic acids is 1. The number of rotatable bonds is 7. The Kier molecular flexibility index (Phi) is 5.97. The van der Waals surface area contributed by atoms with Crippen molar-refractivity contribution in [1.82, 2.24) is 19.8 Å². The summed E-state index contributed by atoms with van der Waals surface area (Å²) in [6.45, 7) is 6.81. The van der Waals surface area contributed by atoms with Gasteiger partial charge in [-0.3, -0.25) is 9.48 Å². The van der Waals surface area contributed by atoms with E-state index in [1.54, 1.807) is 0 Å². The summed E-state index contributed by atoms with van der Waals surface area (Å²) in [5, 5.41) is 6.89. The van der Waals surface area contributed by atoms with Crippen molar-refractivity contribution < 1.29 is 13.2 Å². The van der Waals surface area contributed by atoms with Crippen LogP contribution in [0.25, 0.3) is 0 Å². The number of aromatic nitrogens is 2. The highest BCUT2D eigenvalue weighted by atomic mass is 32.2. The number of nitrogens with zero attached hydrogens (tertiary/aromatic N) is 2. The van der Waals surface area contributed by atoms with Gasteiger partial charge >= 0.3 is 0 Å². The van der Waals surface area contributed by atoms with Gasteiger partial charge in [-0.15, -0.1) is 0 Å². The molecule has 0 saturated carbocycles. The van der Waals surface area contributed by atoms with Gasteiger partial charge in [0.2, 0.25) is 10.0 Å². The maximum absolute atomic E-state index is 12.4. The third kappa shape index (κ3) is 4.90. The fourth-order valence-electron chi connectivity index (χ4n) is 2.48. The third-order valence-electron chi connectivity index (χ3n) is 3.86. The van der Waals surface area contributed by atoms with Crippen LogP contribution in [0.15, 0.2) is 35.2 Å². The van der Waals surface area contributed by atoms with Crippen LogP contribution in [-0.2, 0) is 16.6 Å². The second-order valence-corrected chi connectivity index (χ2v) is 7.94. The lowest BCUT2D eigenvalue weighted by Gasteiger charge is -2.14. The molecule has 0 saturated heterocycles. The number of carbonyl (C=O) groups is 1. The van der Waals surface area contributed by atoms with Crippen LogP contribution in [-0.4, -0.2) is 37.7 Å². The minimum atomic E-state index is -3.61. The molecule has 1 aromatic carbocycles. The van der Waals surface area contributed by atoms with Crippen molar-refractivity contribution in [1.29, 1.82) is 0 Å². The van der Waals surface area contributed by atoms with E-state index in [4.69, 9.17) is 0 Å². The summed E-state index contributed by atoms with van der Waals surface area (Å²) in [4.78, 5) is 11.6.